The van der Waals surface area contributed by atoms with Crippen LogP contribution < -0.4 is 20.7 Å². The van der Waals surface area contributed by atoms with Gasteiger partial charge < -0.3 is 25.6 Å². The number of carbonyl (C=O) groups excluding carboxylic acids is 1. The molecule has 3 atom stereocenters. The summed E-state index contributed by atoms with van der Waals surface area (Å²) in [6, 6.07) is 10.5. The first-order chi connectivity index (χ1) is 20.7. The second-order valence-corrected chi connectivity index (χ2v) is 13.2. The van der Waals surface area contributed by atoms with E-state index >= 15 is 0 Å². The Morgan fingerprint density at radius 3 is 2.59 bits per heavy atom. The third-order valence-electron chi connectivity index (χ3n) is 8.00. The Morgan fingerprint density at radius 1 is 1.18 bits per heavy atom. The summed E-state index contributed by atoms with van der Waals surface area (Å²) in [5.41, 5.74) is 1.20. The number of likely N-dealkylation sites (tertiary alicyclic amines) is 1. The van der Waals surface area contributed by atoms with Crippen molar-refractivity contribution in [3.63, 3.8) is 0 Å². The highest BCUT2D eigenvalue weighted by Crippen LogP contribution is 2.41. The predicted octanol–water partition coefficient (Wildman–Crippen LogP) is 4.11. The van der Waals surface area contributed by atoms with Crippen LogP contribution in [-0.4, -0.2) is 80.1 Å². The van der Waals surface area contributed by atoms with E-state index in [4.69, 9.17) is 4.74 Å². The summed E-state index contributed by atoms with van der Waals surface area (Å²) in [6.45, 7) is 1.47. The maximum absolute atomic E-state index is 14.1. The van der Waals surface area contributed by atoms with E-state index in [0.717, 1.165) is 29.1 Å². The van der Waals surface area contributed by atoms with Crippen molar-refractivity contribution in [1.29, 1.82) is 0 Å². The van der Waals surface area contributed by atoms with Crippen LogP contribution in [0.2, 0.25) is 0 Å². The number of likely N-dealkylation sites (N-methyl/N-ethyl adjacent to an activating group) is 1. The zero-order valence-corrected chi connectivity index (χ0v) is 25.5. The molecule has 1 saturated heterocycles. The van der Waals surface area contributed by atoms with E-state index in [-0.39, 0.29) is 24.2 Å². The number of benzene rings is 2. The lowest BCUT2D eigenvalue weighted by Gasteiger charge is -2.30. The minimum atomic E-state index is -4.79. The number of aromatic nitrogens is 2. The van der Waals surface area contributed by atoms with Crippen LogP contribution in [0.1, 0.15) is 29.2 Å². The Hall–Kier alpha value is -3.95. The quantitative estimate of drug-likeness (QED) is 0.319. The van der Waals surface area contributed by atoms with E-state index in [1.54, 1.807) is 36.4 Å². The maximum Gasteiger partial charge on any atom is 0.421 e. The van der Waals surface area contributed by atoms with Gasteiger partial charge in [-0.05, 0) is 55.8 Å². The third-order valence-corrected chi connectivity index (χ3v) is 9.27. The standard InChI is InChI=1S/C29H34F3N7O4S/c1-38-12-11-18(16-38)27(40)34-19-9-10-24(43-3)22(14-19)36-28-33-15-21(29(30,31)32)26(37-28)35-23-13-17-7-5-6-8-20(17)25(23)39(2)44(4,41)42/h5-10,14-15,18,23,25H,11-13,16H2,1-4H3,(H,34,40)(H2,33,35,36,37)/t18?,23-,25-/m1/s1. The molecule has 1 aliphatic carbocycles. The van der Waals surface area contributed by atoms with E-state index in [9.17, 15) is 26.4 Å². The van der Waals surface area contributed by atoms with Crippen molar-refractivity contribution in [2.24, 2.45) is 5.92 Å². The van der Waals surface area contributed by atoms with Gasteiger partial charge in [0, 0.05) is 25.5 Å². The van der Waals surface area contributed by atoms with Crippen LogP contribution in [0.4, 0.5) is 36.3 Å². The molecule has 44 heavy (non-hydrogen) atoms. The average Bonchev–Trinajstić information content (AvgIpc) is 3.55. The summed E-state index contributed by atoms with van der Waals surface area (Å²) < 4.78 is 73.9. The minimum absolute atomic E-state index is 0.131. The topological polar surface area (TPSA) is 129 Å². The lowest BCUT2D eigenvalue weighted by molar-refractivity contribution is -0.137. The molecule has 2 aliphatic rings. The first kappa shape index (κ1) is 31.5. The summed E-state index contributed by atoms with van der Waals surface area (Å²) in [5, 5.41) is 8.69. The molecule has 15 heteroatoms. The number of methoxy groups -OCH3 is 1. The Balaban J connectivity index is 1.44. The maximum atomic E-state index is 14.1. The normalized spacial score (nSPS) is 20.4. The molecule has 2 heterocycles. The number of amides is 1. The molecular formula is C29H34F3N7O4S. The molecule has 1 aliphatic heterocycles. The smallest absolute Gasteiger partial charge is 0.421 e. The molecule has 1 fully saturated rings. The number of halogens is 3. The Morgan fingerprint density at radius 2 is 1.93 bits per heavy atom. The molecule has 0 saturated carbocycles. The highest BCUT2D eigenvalue weighted by atomic mass is 32.2. The summed E-state index contributed by atoms with van der Waals surface area (Å²) in [4.78, 5) is 22.9. The second kappa shape index (κ2) is 12.2. The molecule has 1 unspecified atom stereocenters. The van der Waals surface area contributed by atoms with Gasteiger partial charge in [-0.1, -0.05) is 24.3 Å². The summed E-state index contributed by atoms with van der Waals surface area (Å²) in [5.74, 6) is -0.606. The van der Waals surface area contributed by atoms with Gasteiger partial charge in [0.25, 0.3) is 0 Å². The van der Waals surface area contributed by atoms with Crippen molar-refractivity contribution >= 4 is 39.1 Å². The molecule has 11 nitrogen and oxygen atoms in total. The number of anilines is 4. The predicted molar refractivity (Wildman–Crippen MR) is 160 cm³/mol. The van der Waals surface area contributed by atoms with Gasteiger partial charge in [0.05, 0.1) is 37.1 Å². The SMILES string of the molecule is COc1ccc(NC(=O)C2CCN(C)C2)cc1Nc1ncc(C(F)(F)F)c(N[C@@H]2Cc3ccccc3[C@H]2N(C)S(C)(=O)=O)n1. The van der Waals surface area contributed by atoms with Gasteiger partial charge in [-0.3, -0.25) is 4.79 Å². The number of sulfonamides is 1. The summed E-state index contributed by atoms with van der Waals surface area (Å²) >= 11 is 0. The molecule has 3 N–H and O–H groups in total. The van der Waals surface area contributed by atoms with Crippen LogP contribution in [0, 0.1) is 5.92 Å². The van der Waals surface area contributed by atoms with E-state index in [1.807, 2.05) is 13.1 Å². The number of nitrogens with zero attached hydrogens (tertiary/aromatic N) is 4. The Labute approximate surface area is 253 Å². The van der Waals surface area contributed by atoms with Crippen LogP contribution in [0.3, 0.4) is 0 Å². The third kappa shape index (κ3) is 6.74. The van der Waals surface area contributed by atoms with Crippen molar-refractivity contribution in [1.82, 2.24) is 19.2 Å². The first-order valence-corrected chi connectivity index (χ1v) is 15.8. The highest BCUT2D eigenvalue weighted by molar-refractivity contribution is 7.88. The number of rotatable bonds is 9. The van der Waals surface area contributed by atoms with Crippen LogP contribution in [0.15, 0.2) is 48.7 Å². The molecule has 0 bridgehead atoms. The Bertz CT molecular complexity index is 1650. The van der Waals surface area contributed by atoms with Crippen LogP contribution in [0.5, 0.6) is 5.75 Å². The van der Waals surface area contributed by atoms with Crippen molar-refractivity contribution in [3.05, 3.63) is 65.4 Å². The van der Waals surface area contributed by atoms with Crippen molar-refractivity contribution < 1.29 is 31.1 Å². The summed E-state index contributed by atoms with van der Waals surface area (Å²) in [6.07, 6.45) is -2.05. The van der Waals surface area contributed by atoms with E-state index in [0.29, 0.717) is 35.4 Å². The largest absolute Gasteiger partial charge is 0.495 e. The van der Waals surface area contributed by atoms with Crippen LogP contribution in [0.25, 0.3) is 0 Å². The second-order valence-electron chi connectivity index (χ2n) is 11.1. The molecule has 0 radical (unpaired) electrons. The minimum Gasteiger partial charge on any atom is -0.495 e. The van der Waals surface area contributed by atoms with Crippen molar-refractivity contribution in [2.75, 3.05) is 56.5 Å². The first-order valence-electron chi connectivity index (χ1n) is 13.9. The zero-order valence-electron chi connectivity index (χ0n) is 24.6. The van der Waals surface area contributed by atoms with Crippen molar-refractivity contribution in [2.45, 2.75) is 31.1 Å². The number of alkyl halides is 3. The molecule has 2 aromatic carbocycles. The molecule has 1 amide bonds. The van der Waals surface area contributed by atoms with Gasteiger partial charge in [-0.2, -0.15) is 22.5 Å². The van der Waals surface area contributed by atoms with Crippen LogP contribution in [-0.2, 0) is 27.4 Å². The molecule has 5 rings (SSSR count). The molecule has 3 aromatic rings. The van der Waals surface area contributed by atoms with Gasteiger partial charge >= 0.3 is 6.18 Å². The fourth-order valence-corrected chi connectivity index (χ4v) is 6.36. The number of nitrogens with one attached hydrogen (secondary N) is 3. The van der Waals surface area contributed by atoms with E-state index in [2.05, 4.69) is 30.8 Å². The molecule has 1 aromatic heterocycles. The zero-order chi connectivity index (χ0) is 31.8. The molecule has 236 valence electrons. The van der Waals surface area contributed by atoms with Gasteiger partial charge in [-0.15, -0.1) is 0 Å². The number of hydrogen-bond acceptors (Lipinski definition) is 9. The fraction of sp³-hybridized carbons (Fsp3) is 0.414. The van der Waals surface area contributed by atoms with Crippen molar-refractivity contribution in [3.8, 4) is 5.75 Å². The van der Waals surface area contributed by atoms with Gasteiger partial charge in [-0.25, -0.2) is 13.4 Å². The lowest BCUT2D eigenvalue weighted by atomic mass is 10.1. The number of hydrogen-bond donors (Lipinski definition) is 3. The highest BCUT2D eigenvalue weighted by Gasteiger charge is 2.41. The molecular weight excluding hydrogens is 599 g/mol. The van der Waals surface area contributed by atoms with Gasteiger partial charge in [0.1, 0.15) is 17.1 Å². The van der Waals surface area contributed by atoms with Gasteiger partial charge in [0.15, 0.2) is 0 Å². The molecule has 0 spiro atoms. The number of fused-ring (bicyclic) bond motifs is 1. The average molecular weight is 634 g/mol. The van der Waals surface area contributed by atoms with Crippen LogP contribution >= 0.6 is 0 Å². The monoisotopic (exact) mass is 633 g/mol. The Kier molecular flexibility index (Phi) is 8.73. The van der Waals surface area contributed by atoms with E-state index in [1.165, 1.54) is 14.2 Å². The fourth-order valence-electron chi connectivity index (χ4n) is 5.69. The number of carbonyl (C=O) groups is 1. The lowest BCUT2D eigenvalue weighted by Crippen LogP contribution is -2.39. The number of ether oxygens (including phenoxy) is 1. The van der Waals surface area contributed by atoms with Gasteiger partial charge in [0.2, 0.25) is 21.9 Å². The summed E-state index contributed by atoms with van der Waals surface area (Å²) in [7, 11) is 1.09. The van der Waals surface area contributed by atoms with E-state index < -0.39 is 39.7 Å².